The molecule has 2 N–H and O–H groups in total. The number of pyridine rings is 1. The molecule has 0 aliphatic heterocycles. The number of aliphatic hydroxyl groups excluding tert-OH is 2. The van der Waals surface area contributed by atoms with Gasteiger partial charge in [0.05, 0.1) is 11.6 Å². The van der Waals surface area contributed by atoms with Crippen LogP contribution in [0.4, 0.5) is 0 Å². The van der Waals surface area contributed by atoms with Crippen LogP contribution in [0.1, 0.15) is 17.4 Å². The molecule has 21 heavy (non-hydrogen) atoms. The van der Waals surface area contributed by atoms with E-state index >= 15 is 0 Å². The first-order chi connectivity index (χ1) is 10.2. The van der Waals surface area contributed by atoms with Crippen molar-refractivity contribution in [1.29, 1.82) is 0 Å². The maximum absolute atomic E-state index is 10.2. The van der Waals surface area contributed by atoms with E-state index in [1.165, 1.54) is 0 Å². The minimum atomic E-state index is -0.903. The molecule has 0 radical (unpaired) electrons. The van der Waals surface area contributed by atoms with E-state index in [9.17, 15) is 10.2 Å². The molecule has 0 spiro atoms. The van der Waals surface area contributed by atoms with E-state index < -0.39 is 12.2 Å². The zero-order chi connectivity index (χ0) is 14.7. The monoisotopic (exact) mass is 279 g/mol. The molecule has 1 heterocycles. The van der Waals surface area contributed by atoms with Gasteiger partial charge < -0.3 is 10.2 Å². The van der Waals surface area contributed by atoms with Crippen LogP contribution in [-0.4, -0.2) is 21.3 Å². The molecular formula is C18H17NO2. The number of para-hydroxylation sites is 1. The van der Waals surface area contributed by atoms with E-state index in [0.717, 1.165) is 16.6 Å². The lowest BCUT2D eigenvalue weighted by Crippen LogP contribution is -2.21. The fourth-order valence-electron chi connectivity index (χ4n) is 2.42. The second kappa shape index (κ2) is 6.04. The van der Waals surface area contributed by atoms with E-state index in [1.807, 2.05) is 66.7 Å². The summed E-state index contributed by atoms with van der Waals surface area (Å²) in [4.78, 5) is 4.52. The predicted octanol–water partition coefficient (Wildman–Crippen LogP) is 2.87. The van der Waals surface area contributed by atoms with Crippen molar-refractivity contribution < 1.29 is 10.2 Å². The number of hydrogen-bond acceptors (Lipinski definition) is 3. The lowest BCUT2D eigenvalue weighted by molar-refractivity contribution is 0.0184. The van der Waals surface area contributed by atoms with E-state index in [2.05, 4.69) is 4.98 Å². The van der Waals surface area contributed by atoms with Crippen molar-refractivity contribution in [3.05, 3.63) is 78.0 Å². The number of nitrogens with zero attached hydrogens (tertiary/aromatic N) is 1. The Morgan fingerprint density at radius 2 is 1.52 bits per heavy atom. The van der Waals surface area contributed by atoms with Gasteiger partial charge in [-0.05, 0) is 17.7 Å². The number of fused-ring (bicyclic) bond motifs is 1. The fraction of sp³-hybridized carbons (Fsp3) is 0.167. The summed E-state index contributed by atoms with van der Waals surface area (Å²) >= 11 is 0. The lowest BCUT2D eigenvalue weighted by atomic mass is 10.0. The smallest absolute Gasteiger partial charge is 0.105 e. The number of hydrogen-bond donors (Lipinski definition) is 2. The summed E-state index contributed by atoms with van der Waals surface area (Å²) in [6.07, 6.45) is -1.46. The summed E-state index contributed by atoms with van der Waals surface area (Å²) in [5, 5.41) is 21.5. The van der Waals surface area contributed by atoms with Crippen LogP contribution in [0.2, 0.25) is 0 Å². The highest BCUT2D eigenvalue weighted by molar-refractivity contribution is 5.78. The van der Waals surface area contributed by atoms with Crippen molar-refractivity contribution in [3.8, 4) is 0 Å². The number of benzene rings is 2. The largest absolute Gasteiger partial charge is 0.390 e. The van der Waals surface area contributed by atoms with Crippen molar-refractivity contribution in [3.63, 3.8) is 0 Å². The molecule has 3 nitrogen and oxygen atoms in total. The van der Waals surface area contributed by atoms with Crippen molar-refractivity contribution in [1.82, 2.24) is 4.98 Å². The Bertz CT molecular complexity index is 727. The van der Waals surface area contributed by atoms with Gasteiger partial charge in [0.15, 0.2) is 0 Å². The van der Waals surface area contributed by atoms with Gasteiger partial charge in [-0.1, -0.05) is 54.6 Å². The summed E-state index contributed by atoms with van der Waals surface area (Å²) in [7, 11) is 0. The van der Waals surface area contributed by atoms with Crippen LogP contribution >= 0.6 is 0 Å². The molecule has 0 saturated carbocycles. The third kappa shape index (κ3) is 3.10. The highest BCUT2D eigenvalue weighted by atomic mass is 16.3. The highest BCUT2D eigenvalue weighted by Gasteiger charge is 2.19. The average Bonchev–Trinajstić information content (AvgIpc) is 2.55. The Balaban J connectivity index is 1.78. The summed E-state index contributed by atoms with van der Waals surface area (Å²) in [6, 6.07) is 20.9. The molecule has 0 aliphatic rings. The van der Waals surface area contributed by atoms with Crippen LogP contribution in [0.5, 0.6) is 0 Å². The van der Waals surface area contributed by atoms with E-state index in [-0.39, 0.29) is 0 Å². The van der Waals surface area contributed by atoms with E-state index in [0.29, 0.717) is 12.0 Å². The topological polar surface area (TPSA) is 53.4 Å². The average molecular weight is 279 g/mol. The first-order valence-corrected chi connectivity index (χ1v) is 7.00. The van der Waals surface area contributed by atoms with Gasteiger partial charge in [-0.3, -0.25) is 4.98 Å². The van der Waals surface area contributed by atoms with Gasteiger partial charge >= 0.3 is 0 Å². The van der Waals surface area contributed by atoms with E-state index in [4.69, 9.17) is 0 Å². The highest BCUT2D eigenvalue weighted by Crippen LogP contribution is 2.20. The molecule has 3 aromatic rings. The summed E-state index contributed by atoms with van der Waals surface area (Å²) < 4.78 is 0. The zero-order valence-corrected chi connectivity index (χ0v) is 11.6. The van der Waals surface area contributed by atoms with Gasteiger partial charge in [0.1, 0.15) is 6.10 Å². The summed E-state index contributed by atoms with van der Waals surface area (Å²) in [5.41, 5.74) is 2.39. The number of rotatable bonds is 4. The number of aromatic nitrogens is 1. The lowest BCUT2D eigenvalue weighted by Gasteiger charge is -2.18. The molecule has 106 valence electrons. The van der Waals surface area contributed by atoms with Gasteiger partial charge in [-0.2, -0.15) is 0 Å². The first kappa shape index (κ1) is 13.7. The first-order valence-electron chi connectivity index (χ1n) is 7.00. The van der Waals surface area contributed by atoms with Gasteiger partial charge in [0, 0.05) is 17.5 Å². The normalized spacial score (nSPS) is 14.0. The second-order valence-corrected chi connectivity index (χ2v) is 5.12. The van der Waals surface area contributed by atoms with Crippen molar-refractivity contribution in [2.75, 3.05) is 0 Å². The molecule has 0 saturated heterocycles. The van der Waals surface area contributed by atoms with Crippen LogP contribution in [0, 0.1) is 0 Å². The van der Waals surface area contributed by atoms with Gasteiger partial charge in [0.2, 0.25) is 0 Å². The van der Waals surface area contributed by atoms with Gasteiger partial charge in [0.25, 0.3) is 0 Å². The summed E-state index contributed by atoms with van der Waals surface area (Å²) in [5.74, 6) is 0. The zero-order valence-electron chi connectivity index (χ0n) is 11.6. The molecular weight excluding hydrogens is 262 g/mol. The Morgan fingerprint density at radius 3 is 2.33 bits per heavy atom. The maximum atomic E-state index is 10.2. The van der Waals surface area contributed by atoms with Crippen LogP contribution in [-0.2, 0) is 6.42 Å². The van der Waals surface area contributed by atoms with Crippen LogP contribution in [0.25, 0.3) is 10.9 Å². The minimum Gasteiger partial charge on any atom is -0.390 e. The molecule has 2 atom stereocenters. The van der Waals surface area contributed by atoms with Crippen LogP contribution in [0.3, 0.4) is 0 Å². The molecule has 2 aromatic carbocycles. The summed E-state index contributed by atoms with van der Waals surface area (Å²) in [6.45, 7) is 0. The quantitative estimate of drug-likeness (QED) is 0.772. The van der Waals surface area contributed by atoms with Crippen molar-refractivity contribution >= 4 is 10.9 Å². The molecule has 0 bridgehead atoms. The molecule has 0 aliphatic carbocycles. The van der Waals surface area contributed by atoms with Gasteiger partial charge in [-0.25, -0.2) is 0 Å². The molecule has 3 rings (SSSR count). The van der Waals surface area contributed by atoms with E-state index in [1.54, 1.807) is 0 Å². The SMILES string of the molecule is OC(Cc1ccc2ccccc2n1)C(O)c1ccccc1. The number of aliphatic hydroxyl groups is 2. The fourth-order valence-corrected chi connectivity index (χ4v) is 2.42. The van der Waals surface area contributed by atoms with Crippen molar-refractivity contribution in [2.45, 2.75) is 18.6 Å². The Morgan fingerprint density at radius 1 is 0.810 bits per heavy atom. The third-order valence-electron chi connectivity index (χ3n) is 3.58. The molecule has 0 fully saturated rings. The standard InChI is InChI=1S/C18H17NO2/c20-17(18(21)14-7-2-1-3-8-14)12-15-11-10-13-6-4-5-9-16(13)19-15/h1-11,17-18,20-21H,12H2. The van der Waals surface area contributed by atoms with Crippen molar-refractivity contribution in [2.24, 2.45) is 0 Å². The second-order valence-electron chi connectivity index (χ2n) is 5.12. The van der Waals surface area contributed by atoms with Crippen LogP contribution in [0.15, 0.2) is 66.7 Å². The Kier molecular flexibility index (Phi) is 3.95. The van der Waals surface area contributed by atoms with Crippen LogP contribution < -0.4 is 0 Å². The molecule has 2 unspecified atom stereocenters. The Hall–Kier alpha value is -2.23. The molecule has 0 amide bonds. The molecule has 3 heteroatoms. The predicted molar refractivity (Wildman–Crippen MR) is 82.9 cm³/mol. The maximum Gasteiger partial charge on any atom is 0.105 e. The third-order valence-corrected chi connectivity index (χ3v) is 3.58. The Labute approximate surface area is 123 Å². The molecule has 1 aromatic heterocycles. The van der Waals surface area contributed by atoms with Gasteiger partial charge in [-0.15, -0.1) is 0 Å². The minimum absolute atomic E-state index is 0.320.